The van der Waals surface area contributed by atoms with Gasteiger partial charge in [0.2, 0.25) is 0 Å². The van der Waals surface area contributed by atoms with Crippen LogP contribution in [0.4, 0.5) is 5.69 Å². The van der Waals surface area contributed by atoms with E-state index in [0.717, 1.165) is 4.31 Å². The van der Waals surface area contributed by atoms with Crippen molar-refractivity contribution in [2.24, 2.45) is 5.16 Å². The van der Waals surface area contributed by atoms with Crippen LogP contribution in [0.25, 0.3) is 10.4 Å². The molecule has 0 fully saturated rings. The van der Waals surface area contributed by atoms with Gasteiger partial charge in [-0.2, -0.15) is 0 Å². The van der Waals surface area contributed by atoms with Crippen LogP contribution in [-0.4, -0.2) is 43.0 Å². The maximum absolute atomic E-state index is 14.0. The van der Waals surface area contributed by atoms with Crippen LogP contribution in [0.2, 0.25) is 0 Å². The van der Waals surface area contributed by atoms with Gasteiger partial charge in [-0.1, -0.05) is 11.2 Å². The number of oxime groups is 1. The second kappa shape index (κ2) is 11.4. The minimum Gasteiger partial charge on any atom is -0.497 e. The van der Waals surface area contributed by atoms with Crippen molar-refractivity contribution in [1.82, 2.24) is 10.5 Å². The number of carbonyl (C=O) groups excluding carboxylic acids is 1. The van der Waals surface area contributed by atoms with Gasteiger partial charge in [-0.25, -0.2) is 13.9 Å². The molecule has 0 aliphatic rings. The summed E-state index contributed by atoms with van der Waals surface area (Å²) >= 11 is 1.35. The lowest BCUT2D eigenvalue weighted by atomic mass is 10.00. The van der Waals surface area contributed by atoms with Gasteiger partial charge in [0.1, 0.15) is 5.75 Å². The summed E-state index contributed by atoms with van der Waals surface area (Å²) in [5.41, 5.74) is 3.90. The zero-order valence-electron chi connectivity index (χ0n) is 20.4. The molecule has 0 radical (unpaired) electrons. The molecule has 10 nitrogen and oxygen atoms in total. The Balaban J connectivity index is 1.95. The first kappa shape index (κ1) is 26.8. The molecule has 2 heterocycles. The molecule has 0 spiro atoms. The van der Waals surface area contributed by atoms with Gasteiger partial charge in [0.15, 0.2) is 0 Å². The summed E-state index contributed by atoms with van der Waals surface area (Å²) in [6.45, 7) is 1.55. The summed E-state index contributed by atoms with van der Waals surface area (Å²) in [6, 6.07) is 14.3. The molecule has 0 saturated heterocycles. The van der Waals surface area contributed by atoms with Crippen molar-refractivity contribution in [3.63, 3.8) is 0 Å². The molecule has 2 aromatic heterocycles. The van der Waals surface area contributed by atoms with Crippen LogP contribution in [0.5, 0.6) is 5.75 Å². The third-order valence-corrected chi connectivity index (χ3v) is 8.49. The van der Waals surface area contributed by atoms with Crippen LogP contribution in [0.3, 0.4) is 0 Å². The van der Waals surface area contributed by atoms with Gasteiger partial charge in [-0.15, -0.1) is 11.3 Å². The molecule has 2 aromatic carbocycles. The number of sulfonamides is 1. The van der Waals surface area contributed by atoms with Crippen LogP contribution >= 0.6 is 11.3 Å². The summed E-state index contributed by atoms with van der Waals surface area (Å²) in [4.78, 5) is 17.7. The van der Waals surface area contributed by atoms with Crippen LogP contribution in [0.1, 0.15) is 27.0 Å². The Bertz CT molecular complexity index is 1570. The molecule has 196 valence electrons. The average Bonchev–Trinajstić information content (AvgIpc) is 3.40. The summed E-state index contributed by atoms with van der Waals surface area (Å²) in [5, 5.41) is 23.5. The number of thiophene rings is 1. The van der Waals surface area contributed by atoms with Gasteiger partial charge in [-0.05, 0) is 77.5 Å². The van der Waals surface area contributed by atoms with Gasteiger partial charge in [-0.3, -0.25) is 19.3 Å². The molecule has 0 atom stereocenters. The fourth-order valence-electron chi connectivity index (χ4n) is 4.01. The Morgan fingerprint density at radius 1 is 1.21 bits per heavy atom. The van der Waals surface area contributed by atoms with Gasteiger partial charge in [0, 0.05) is 22.8 Å². The van der Waals surface area contributed by atoms with Crippen molar-refractivity contribution < 1.29 is 28.4 Å². The molecule has 12 heteroatoms. The van der Waals surface area contributed by atoms with E-state index in [1.54, 1.807) is 48.2 Å². The first-order chi connectivity index (χ1) is 18.3. The number of nitrogens with zero attached hydrogens (tertiary/aromatic N) is 3. The zero-order chi connectivity index (χ0) is 27.3. The summed E-state index contributed by atoms with van der Waals surface area (Å²) in [5.74, 6) is -0.401. The van der Waals surface area contributed by atoms with E-state index in [4.69, 9.17) is 9.94 Å². The van der Waals surface area contributed by atoms with Crippen molar-refractivity contribution >= 4 is 39.2 Å². The van der Waals surface area contributed by atoms with Crippen LogP contribution in [-0.2, 0) is 16.6 Å². The van der Waals surface area contributed by atoms with Gasteiger partial charge in [0.05, 0.1) is 36.0 Å². The molecule has 0 aliphatic heterocycles. The van der Waals surface area contributed by atoms with Crippen molar-refractivity contribution in [2.75, 3.05) is 11.4 Å². The number of ether oxygens (including phenoxy) is 1. The highest BCUT2D eigenvalue weighted by atomic mass is 32.2. The van der Waals surface area contributed by atoms with E-state index in [2.05, 4.69) is 10.1 Å². The Morgan fingerprint density at radius 3 is 2.61 bits per heavy atom. The molecule has 3 N–H and O–H groups in total. The number of benzene rings is 2. The number of aryl methyl sites for hydroxylation is 1. The standard InChI is InChI=1S/C26H24N4O6S2/c1-17-12-20(25-19(15-28-32)9-11-37-25)13-23(26(31)29-33)24(17)30(16-18-4-3-10-27-14-18)38(34,35)22-7-5-21(36-2)6-8-22/h3-15,32-33H,16H2,1-2H3,(H,29,31). The van der Waals surface area contributed by atoms with Crippen molar-refractivity contribution in [2.45, 2.75) is 18.4 Å². The maximum Gasteiger partial charge on any atom is 0.276 e. The molecule has 4 rings (SSSR count). The molecule has 1 amide bonds. The Morgan fingerprint density at radius 2 is 1.97 bits per heavy atom. The van der Waals surface area contributed by atoms with Crippen molar-refractivity contribution in [3.05, 3.63) is 94.6 Å². The molecular weight excluding hydrogens is 528 g/mol. The molecule has 4 aromatic rings. The second-order valence-corrected chi connectivity index (χ2v) is 10.9. The first-order valence-corrected chi connectivity index (χ1v) is 13.5. The SMILES string of the molecule is COc1ccc(S(=O)(=O)N(Cc2cccnc2)c2c(C)cc(-c3sccc3C=NO)cc2C(=O)NO)cc1. The van der Waals surface area contributed by atoms with E-state index in [1.165, 1.54) is 61.2 Å². The minimum absolute atomic E-state index is 0.0132. The third-order valence-electron chi connectivity index (χ3n) is 5.75. The number of hydroxylamine groups is 1. The monoisotopic (exact) mass is 552 g/mol. The number of carbonyl (C=O) groups is 1. The number of nitrogens with one attached hydrogen (secondary N) is 1. The molecular formula is C26H24N4O6S2. The highest BCUT2D eigenvalue weighted by Gasteiger charge is 2.31. The molecule has 0 aliphatic carbocycles. The zero-order valence-corrected chi connectivity index (χ0v) is 22.0. The molecule has 38 heavy (non-hydrogen) atoms. The van der Waals surface area contributed by atoms with Crippen LogP contribution < -0.4 is 14.5 Å². The quantitative estimate of drug-likeness (QED) is 0.121. The predicted octanol–water partition coefficient (Wildman–Crippen LogP) is 4.45. The van der Waals surface area contributed by atoms with Gasteiger partial charge in [0.25, 0.3) is 15.9 Å². The number of pyridine rings is 1. The fourth-order valence-corrected chi connectivity index (χ4v) is 6.41. The molecule has 0 bridgehead atoms. The summed E-state index contributed by atoms with van der Waals surface area (Å²) in [7, 11) is -2.73. The van der Waals surface area contributed by atoms with E-state index in [1.807, 2.05) is 0 Å². The smallest absolute Gasteiger partial charge is 0.276 e. The van der Waals surface area contributed by atoms with Crippen LogP contribution in [0.15, 0.2) is 82.4 Å². The topological polar surface area (TPSA) is 141 Å². The fraction of sp³-hybridized carbons (Fsp3) is 0.115. The number of hydrogen-bond acceptors (Lipinski definition) is 9. The lowest BCUT2D eigenvalue weighted by Gasteiger charge is -2.28. The average molecular weight is 553 g/mol. The number of amides is 1. The minimum atomic E-state index is -4.21. The number of rotatable bonds is 9. The number of methoxy groups -OCH3 is 1. The normalized spacial score (nSPS) is 11.4. The van der Waals surface area contributed by atoms with Crippen LogP contribution in [0, 0.1) is 6.92 Å². The van der Waals surface area contributed by atoms with Gasteiger partial charge < -0.3 is 9.94 Å². The highest BCUT2D eigenvalue weighted by Crippen LogP contribution is 2.38. The number of aromatic nitrogens is 1. The van der Waals surface area contributed by atoms with E-state index < -0.39 is 15.9 Å². The Kier molecular flexibility index (Phi) is 8.05. The van der Waals surface area contributed by atoms with Crippen molar-refractivity contribution in [1.29, 1.82) is 0 Å². The number of anilines is 1. The summed E-state index contributed by atoms with van der Waals surface area (Å²) in [6.07, 6.45) is 4.38. The van der Waals surface area contributed by atoms with E-state index in [0.29, 0.717) is 32.9 Å². The Hall–Kier alpha value is -4.26. The first-order valence-electron chi connectivity index (χ1n) is 11.2. The van der Waals surface area contributed by atoms with Gasteiger partial charge >= 0.3 is 0 Å². The Labute approximate surface area is 223 Å². The van der Waals surface area contributed by atoms with E-state index in [-0.39, 0.29) is 22.7 Å². The largest absolute Gasteiger partial charge is 0.497 e. The lowest BCUT2D eigenvalue weighted by Crippen LogP contribution is -2.34. The lowest BCUT2D eigenvalue weighted by molar-refractivity contribution is 0.0707. The van der Waals surface area contributed by atoms with E-state index >= 15 is 0 Å². The van der Waals surface area contributed by atoms with Crippen molar-refractivity contribution in [3.8, 4) is 16.2 Å². The maximum atomic E-state index is 14.0. The van der Waals surface area contributed by atoms with E-state index in [9.17, 15) is 18.4 Å². The summed E-state index contributed by atoms with van der Waals surface area (Å²) < 4.78 is 34.4. The molecule has 0 saturated carbocycles. The predicted molar refractivity (Wildman–Crippen MR) is 144 cm³/mol. The molecule has 0 unspecified atom stereocenters. The highest BCUT2D eigenvalue weighted by molar-refractivity contribution is 7.92. The number of hydrogen-bond donors (Lipinski definition) is 3. The third kappa shape index (κ3) is 5.37. The second-order valence-electron chi connectivity index (χ2n) is 8.13.